The van der Waals surface area contributed by atoms with Crippen molar-refractivity contribution >= 4 is 22.5 Å². The van der Waals surface area contributed by atoms with Crippen molar-refractivity contribution in [1.82, 2.24) is 14.8 Å². The number of fused-ring (bicyclic) bond motifs is 1. The summed E-state index contributed by atoms with van der Waals surface area (Å²) in [6, 6.07) is 7.81. The molecular formula is C25H14ClF2N3. The van der Waals surface area contributed by atoms with Gasteiger partial charge in [-0.1, -0.05) is 29.4 Å². The first-order valence-electron chi connectivity index (χ1n) is 9.27. The zero-order chi connectivity index (χ0) is 21.8. The topological polar surface area (TPSA) is 33.6 Å². The summed E-state index contributed by atoms with van der Waals surface area (Å²) in [5, 5.41) is 5.59. The Bertz CT molecular complexity index is 1420. The highest BCUT2D eigenvalue weighted by Crippen LogP contribution is 2.30. The Balaban J connectivity index is 1.74. The van der Waals surface area contributed by atoms with Gasteiger partial charge in [0.2, 0.25) is 0 Å². The molecule has 4 rings (SSSR count). The summed E-state index contributed by atoms with van der Waals surface area (Å²) in [5.74, 6) is 12.7. The fourth-order valence-electron chi connectivity index (χ4n) is 3.16. The average molecular weight is 430 g/mol. The highest BCUT2D eigenvalue weighted by molar-refractivity contribution is 6.35. The number of halogens is 3. The molecule has 0 saturated heterocycles. The molecular weight excluding hydrogens is 416 g/mol. The van der Waals surface area contributed by atoms with Crippen molar-refractivity contribution in [3.63, 3.8) is 0 Å². The molecule has 4 aromatic rings. The summed E-state index contributed by atoms with van der Waals surface area (Å²) < 4.78 is 30.0. The zero-order valence-corrected chi connectivity index (χ0v) is 16.8. The largest absolute Gasteiger partial charge is 0.367 e. The van der Waals surface area contributed by atoms with Gasteiger partial charge in [-0.2, -0.15) is 5.10 Å². The molecule has 150 valence electrons. The van der Waals surface area contributed by atoms with E-state index in [0.717, 1.165) is 23.8 Å². The molecule has 3 nitrogen and oxygen atoms in total. The molecule has 0 radical (unpaired) electrons. The maximum absolute atomic E-state index is 14.6. The first kappa shape index (κ1) is 20.3. The third-order valence-corrected chi connectivity index (χ3v) is 4.96. The number of aromatic amines is 1. The second kappa shape index (κ2) is 8.80. The Kier molecular flexibility index (Phi) is 5.76. The van der Waals surface area contributed by atoms with Gasteiger partial charge >= 0.3 is 0 Å². The fraction of sp³-hybridized carbons (Fsp3) is 0.0800. The van der Waals surface area contributed by atoms with Crippen LogP contribution in [0.1, 0.15) is 29.2 Å². The molecule has 1 atom stereocenters. The number of nitrogens with one attached hydrogen (secondary N) is 1. The Labute approximate surface area is 183 Å². The van der Waals surface area contributed by atoms with Crippen LogP contribution in [0.15, 0.2) is 55.0 Å². The molecule has 2 heterocycles. The number of terminal acetylenes is 1. The normalized spacial score (nSPS) is 11.2. The van der Waals surface area contributed by atoms with Crippen LogP contribution in [-0.4, -0.2) is 14.8 Å². The lowest BCUT2D eigenvalue weighted by Crippen LogP contribution is -2.13. The number of rotatable bonds is 3. The van der Waals surface area contributed by atoms with E-state index in [1.54, 1.807) is 30.7 Å². The van der Waals surface area contributed by atoms with Gasteiger partial charge in [0, 0.05) is 47.1 Å². The van der Waals surface area contributed by atoms with Crippen molar-refractivity contribution in [2.75, 3.05) is 0 Å². The lowest BCUT2D eigenvalue weighted by molar-refractivity contribution is 0.495. The molecule has 2 aromatic carbocycles. The second-order valence-corrected chi connectivity index (χ2v) is 7.09. The quantitative estimate of drug-likeness (QED) is 0.440. The fourth-order valence-corrected chi connectivity index (χ4v) is 3.42. The predicted octanol–water partition coefficient (Wildman–Crippen LogP) is 5.31. The van der Waals surface area contributed by atoms with Gasteiger partial charge in [0.15, 0.2) is 0 Å². The van der Waals surface area contributed by atoms with E-state index in [9.17, 15) is 8.78 Å². The zero-order valence-electron chi connectivity index (χ0n) is 16.1. The van der Waals surface area contributed by atoms with E-state index in [4.69, 9.17) is 18.0 Å². The molecule has 1 unspecified atom stereocenters. The minimum absolute atomic E-state index is 0.133. The molecule has 1 N–H and O–H groups in total. The lowest BCUT2D eigenvalue weighted by Gasteiger charge is -2.16. The Morgan fingerprint density at radius 1 is 1.13 bits per heavy atom. The van der Waals surface area contributed by atoms with Gasteiger partial charge in [-0.25, -0.2) is 8.78 Å². The Morgan fingerprint density at radius 3 is 2.77 bits per heavy atom. The van der Waals surface area contributed by atoms with Gasteiger partial charge in [0.05, 0.1) is 16.6 Å². The van der Waals surface area contributed by atoms with Crippen molar-refractivity contribution in [2.24, 2.45) is 0 Å². The highest BCUT2D eigenvalue weighted by Gasteiger charge is 2.20. The van der Waals surface area contributed by atoms with Crippen LogP contribution in [0.4, 0.5) is 8.78 Å². The molecule has 0 aliphatic heterocycles. The molecule has 6 heteroatoms. The molecule has 2 aromatic heterocycles. The van der Waals surface area contributed by atoms with E-state index in [-0.39, 0.29) is 12.0 Å². The monoisotopic (exact) mass is 429 g/mol. The van der Waals surface area contributed by atoms with Crippen LogP contribution in [0.3, 0.4) is 0 Å². The first-order chi connectivity index (χ1) is 15.0. The summed E-state index contributed by atoms with van der Waals surface area (Å²) in [6.07, 6.45) is 10.8. The molecule has 0 aliphatic rings. The van der Waals surface area contributed by atoms with Crippen molar-refractivity contribution in [3.8, 4) is 36.0 Å². The van der Waals surface area contributed by atoms with Crippen LogP contribution in [0, 0.1) is 47.7 Å². The van der Waals surface area contributed by atoms with Gasteiger partial charge in [-0.05, 0) is 48.2 Å². The number of nitrogens with zero attached hydrogens (tertiary/aromatic N) is 2. The summed E-state index contributed by atoms with van der Waals surface area (Å²) in [7, 11) is 0. The van der Waals surface area contributed by atoms with Gasteiger partial charge in [0.1, 0.15) is 11.6 Å². The number of aromatic nitrogens is 3. The third-order valence-electron chi connectivity index (χ3n) is 4.65. The molecule has 0 spiro atoms. The van der Waals surface area contributed by atoms with E-state index >= 15 is 0 Å². The smallest absolute Gasteiger partial charge is 0.128 e. The van der Waals surface area contributed by atoms with Crippen LogP contribution < -0.4 is 0 Å². The molecule has 0 aliphatic carbocycles. The summed E-state index contributed by atoms with van der Waals surface area (Å²) >= 11 is 6.32. The Hall–Kier alpha value is -3.98. The Morgan fingerprint density at radius 2 is 2.00 bits per heavy atom. The van der Waals surface area contributed by atoms with Crippen LogP contribution in [0.2, 0.25) is 5.02 Å². The minimum atomic E-state index is -0.685. The van der Waals surface area contributed by atoms with E-state index in [1.807, 2.05) is 6.07 Å². The number of benzene rings is 2. The molecule has 0 fully saturated rings. The summed E-state index contributed by atoms with van der Waals surface area (Å²) in [4.78, 5) is 2.91. The van der Waals surface area contributed by atoms with Crippen molar-refractivity contribution in [1.29, 1.82) is 0 Å². The van der Waals surface area contributed by atoms with Crippen LogP contribution >= 0.6 is 11.6 Å². The van der Waals surface area contributed by atoms with Gasteiger partial charge < -0.3 is 4.98 Å². The highest BCUT2D eigenvalue weighted by atomic mass is 35.5. The predicted molar refractivity (Wildman–Crippen MR) is 117 cm³/mol. The average Bonchev–Trinajstić information content (AvgIpc) is 3.42. The van der Waals surface area contributed by atoms with Crippen molar-refractivity contribution in [3.05, 3.63) is 88.3 Å². The SMILES string of the molecule is C#Cc1cc(Cl)c2cn(C(CC#CC#Cc3cc[nH]c3)c3cc(F)ccc3F)nc2c1. The first-order valence-corrected chi connectivity index (χ1v) is 9.64. The number of H-pyrrole nitrogens is 1. The maximum Gasteiger partial charge on any atom is 0.128 e. The van der Waals surface area contributed by atoms with E-state index in [2.05, 4.69) is 39.7 Å². The van der Waals surface area contributed by atoms with Gasteiger partial charge in [-0.15, -0.1) is 6.42 Å². The van der Waals surface area contributed by atoms with Crippen LogP contribution in [0.5, 0.6) is 0 Å². The molecule has 31 heavy (non-hydrogen) atoms. The number of hydrogen-bond donors (Lipinski definition) is 1. The summed E-state index contributed by atoms with van der Waals surface area (Å²) in [5.41, 5.74) is 2.08. The second-order valence-electron chi connectivity index (χ2n) is 6.68. The summed E-state index contributed by atoms with van der Waals surface area (Å²) in [6.45, 7) is 0. The third kappa shape index (κ3) is 4.46. The van der Waals surface area contributed by atoms with Crippen molar-refractivity contribution < 1.29 is 8.78 Å². The van der Waals surface area contributed by atoms with Gasteiger partial charge in [0.25, 0.3) is 0 Å². The molecule has 0 bridgehead atoms. The van der Waals surface area contributed by atoms with Gasteiger partial charge in [-0.3, -0.25) is 4.68 Å². The molecule has 0 saturated carbocycles. The number of hydrogen-bond acceptors (Lipinski definition) is 1. The van der Waals surface area contributed by atoms with E-state index in [1.165, 1.54) is 4.68 Å². The van der Waals surface area contributed by atoms with E-state index < -0.39 is 17.7 Å². The maximum atomic E-state index is 14.6. The standard InChI is InChI=1S/C25H14ClF2N3/c1-2-17-12-22(26)21-16-31(30-24(21)13-17)25(20-14-19(27)8-9-23(20)28)7-5-3-4-6-18-10-11-29-15-18/h1,8-16,25,29H,7H2. The van der Waals surface area contributed by atoms with Crippen molar-refractivity contribution in [2.45, 2.75) is 12.5 Å². The van der Waals surface area contributed by atoms with Crippen LogP contribution in [-0.2, 0) is 0 Å². The lowest BCUT2D eigenvalue weighted by atomic mass is 10.0. The van der Waals surface area contributed by atoms with Crippen LogP contribution in [0.25, 0.3) is 10.9 Å². The molecule has 0 amide bonds. The minimum Gasteiger partial charge on any atom is -0.367 e. The van der Waals surface area contributed by atoms with E-state index in [0.29, 0.717) is 21.5 Å².